The molecule has 0 amide bonds. The van der Waals surface area contributed by atoms with Crippen molar-refractivity contribution in [3.63, 3.8) is 0 Å². The van der Waals surface area contributed by atoms with E-state index < -0.39 is 0 Å². The molecule has 3 nitrogen and oxygen atoms in total. The van der Waals surface area contributed by atoms with Crippen molar-refractivity contribution >= 4 is 45.3 Å². The molecule has 0 radical (unpaired) electrons. The number of rotatable bonds is 9. The van der Waals surface area contributed by atoms with Gasteiger partial charge < -0.3 is 15.7 Å². The second-order valence-electron chi connectivity index (χ2n) is 9.46. The number of fused-ring (bicyclic) bond motifs is 2. The Kier molecular flexibility index (Phi) is 7.27. The number of benzene rings is 4. The zero-order valence-electron chi connectivity index (χ0n) is 20.8. The van der Waals surface area contributed by atoms with Gasteiger partial charge in [0.1, 0.15) is 5.82 Å². The van der Waals surface area contributed by atoms with Crippen LogP contribution in [0.25, 0.3) is 21.8 Å². The summed E-state index contributed by atoms with van der Waals surface area (Å²) >= 11 is 3.51. The van der Waals surface area contributed by atoms with Gasteiger partial charge in [0.15, 0.2) is 0 Å². The van der Waals surface area contributed by atoms with Crippen LogP contribution in [0.2, 0.25) is 0 Å². The summed E-state index contributed by atoms with van der Waals surface area (Å²) in [6, 6.07) is 30.4. The van der Waals surface area contributed by atoms with E-state index in [9.17, 15) is 4.39 Å². The number of nitrogens with one attached hydrogen (secondary N) is 2. The largest absolute Gasteiger partial charge is 0.360 e. The number of halogens is 1. The molecule has 0 saturated heterocycles. The Morgan fingerprint density at radius 2 is 1.26 bits per heavy atom. The van der Waals surface area contributed by atoms with Gasteiger partial charge in [-0.25, -0.2) is 4.39 Å². The Bertz CT molecular complexity index is 1700. The van der Waals surface area contributed by atoms with Crippen molar-refractivity contribution in [1.29, 1.82) is 0 Å². The van der Waals surface area contributed by atoms with Gasteiger partial charge in [0.2, 0.25) is 0 Å². The summed E-state index contributed by atoms with van der Waals surface area (Å²) < 4.78 is 13.6. The lowest BCUT2D eigenvalue weighted by Gasteiger charge is -2.16. The molecule has 0 spiro atoms. The van der Waals surface area contributed by atoms with Gasteiger partial charge in [-0.1, -0.05) is 78.1 Å². The average Bonchev–Trinajstić information content (AvgIpc) is 3.53. The second-order valence-corrected chi connectivity index (χ2v) is 11.6. The van der Waals surface area contributed by atoms with Gasteiger partial charge in [-0.05, 0) is 66.8 Å². The first-order valence-corrected chi connectivity index (χ1v) is 14.4. The fourth-order valence-electron chi connectivity index (χ4n) is 4.83. The molecule has 1 atom stereocenters. The maximum absolute atomic E-state index is 13.6. The summed E-state index contributed by atoms with van der Waals surface area (Å²) in [6.45, 7) is 0. The van der Waals surface area contributed by atoms with Crippen LogP contribution >= 0.6 is 23.5 Å². The maximum Gasteiger partial charge on any atom is 0.125 e. The maximum atomic E-state index is 13.6. The van der Waals surface area contributed by atoms with Gasteiger partial charge >= 0.3 is 0 Å². The van der Waals surface area contributed by atoms with Crippen molar-refractivity contribution < 1.29 is 4.39 Å². The topological polar surface area (TPSA) is 57.6 Å². The first kappa shape index (κ1) is 24.9. The number of nitrogens with two attached hydrogens (primary N) is 1. The Morgan fingerprint density at radius 1 is 0.658 bits per heavy atom. The van der Waals surface area contributed by atoms with E-state index in [1.807, 2.05) is 24.0 Å². The SMILES string of the molecule is NC(CCc1ccccc1Sc1c[nH]c2ccccc12)Cc1ccccc1Sc1c[nH]c2cc(F)ccc12. The van der Waals surface area contributed by atoms with Crippen molar-refractivity contribution in [1.82, 2.24) is 9.97 Å². The van der Waals surface area contributed by atoms with Crippen molar-refractivity contribution in [2.24, 2.45) is 5.73 Å². The fraction of sp³-hybridized carbons (Fsp3) is 0.125. The summed E-state index contributed by atoms with van der Waals surface area (Å²) in [6.07, 6.45) is 6.68. The molecule has 1 unspecified atom stereocenters. The van der Waals surface area contributed by atoms with Crippen LogP contribution in [0.1, 0.15) is 17.5 Å². The Balaban J connectivity index is 1.14. The molecule has 0 aliphatic heterocycles. The highest BCUT2D eigenvalue weighted by Crippen LogP contribution is 2.37. The van der Waals surface area contributed by atoms with Gasteiger partial charge in [0.25, 0.3) is 0 Å². The van der Waals surface area contributed by atoms with Gasteiger partial charge in [-0.15, -0.1) is 0 Å². The number of hydrogen-bond acceptors (Lipinski definition) is 3. The third-order valence-corrected chi connectivity index (χ3v) is 9.16. The molecule has 4 aromatic carbocycles. The molecule has 0 aliphatic carbocycles. The quantitative estimate of drug-likeness (QED) is 0.173. The van der Waals surface area contributed by atoms with Crippen LogP contribution in [0.3, 0.4) is 0 Å². The number of aryl methyl sites for hydroxylation is 1. The van der Waals surface area contributed by atoms with E-state index >= 15 is 0 Å². The van der Waals surface area contributed by atoms with Crippen molar-refractivity contribution in [3.05, 3.63) is 120 Å². The van der Waals surface area contributed by atoms with E-state index in [0.29, 0.717) is 0 Å². The summed E-state index contributed by atoms with van der Waals surface area (Å²) in [7, 11) is 0. The van der Waals surface area contributed by atoms with Crippen LogP contribution in [-0.2, 0) is 12.8 Å². The highest BCUT2D eigenvalue weighted by Gasteiger charge is 2.14. The number of hydrogen-bond donors (Lipinski definition) is 3. The van der Waals surface area contributed by atoms with E-state index in [1.165, 1.54) is 43.3 Å². The Hall–Kier alpha value is -3.45. The minimum atomic E-state index is -0.233. The first-order valence-electron chi connectivity index (χ1n) is 12.7. The minimum Gasteiger partial charge on any atom is -0.360 e. The predicted octanol–water partition coefficient (Wildman–Crippen LogP) is 8.59. The average molecular weight is 538 g/mol. The third-order valence-electron chi connectivity index (χ3n) is 6.81. The lowest BCUT2D eigenvalue weighted by atomic mass is 10.00. The van der Waals surface area contributed by atoms with Gasteiger partial charge in [-0.2, -0.15) is 0 Å². The number of aromatic nitrogens is 2. The van der Waals surface area contributed by atoms with Crippen molar-refractivity contribution in [2.75, 3.05) is 0 Å². The standard InChI is InChI=1S/C32H28FN3S2/c33-23-14-16-26-28(18-23)36-20-32(26)38-30-12-6-2-8-22(30)17-24(34)15-13-21-7-1-5-11-29(21)37-31-19-35-27-10-4-3-9-25(27)31/h1-12,14,16,18-20,24,35-36H,13,15,17,34H2. The molecule has 0 aliphatic rings. The summed E-state index contributed by atoms with van der Waals surface area (Å²) in [5.74, 6) is -0.233. The molecule has 0 fully saturated rings. The van der Waals surface area contributed by atoms with E-state index in [1.54, 1.807) is 11.8 Å². The smallest absolute Gasteiger partial charge is 0.125 e. The molecule has 2 aromatic heterocycles. The van der Waals surface area contributed by atoms with Crippen molar-refractivity contribution in [2.45, 2.75) is 44.9 Å². The molecular formula is C32H28FN3S2. The van der Waals surface area contributed by atoms with E-state index in [-0.39, 0.29) is 11.9 Å². The Labute approximate surface area is 230 Å². The number of H-pyrrole nitrogens is 2. The van der Waals surface area contributed by atoms with E-state index in [0.717, 1.165) is 40.6 Å². The molecule has 38 heavy (non-hydrogen) atoms. The third kappa shape index (κ3) is 5.39. The molecule has 190 valence electrons. The van der Waals surface area contributed by atoms with E-state index in [2.05, 4.69) is 89.0 Å². The summed E-state index contributed by atoms with van der Waals surface area (Å²) in [5.41, 5.74) is 11.2. The first-order chi connectivity index (χ1) is 18.6. The molecule has 0 saturated carbocycles. The van der Waals surface area contributed by atoms with Crippen LogP contribution < -0.4 is 5.73 Å². The van der Waals surface area contributed by atoms with Gasteiger partial charge in [-0.3, -0.25) is 0 Å². The van der Waals surface area contributed by atoms with Crippen LogP contribution in [-0.4, -0.2) is 16.0 Å². The Morgan fingerprint density at radius 3 is 2.05 bits per heavy atom. The van der Waals surface area contributed by atoms with Crippen LogP contribution in [0, 0.1) is 5.82 Å². The van der Waals surface area contributed by atoms with Crippen LogP contribution in [0.15, 0.2) is 123 Å². The number of para-hydroxylation sites is 1. The highest BCUT2D eigenvalue weighted by atomic mass is 32.2. The van der Waals surface area contributed by atoms with Crippen molar-refractivity contribution in [3.8, 4) is 0 Å². The lowest BCUT2D eigenvalue weighted by molar-refractivity contribution is 0.603. The van der Waals surface area contributed by atoms with Gasteiger partial charge in [0.05, 0.1) is 0 Å². The lowest BCUT2D eigenvalue weighted by Crippen LogP contribution is -2.23. The molecule has 6 aromatic rings. The van der Waals surface area contributed by atoms with Gasteiger partial charge in [0, 0.05) is 59.8 Å². The summed E-state index contributed by atoms with van der Waals surface area (Å²) in [5, 5.41) is 2.28. The normalized spacial score (nSPS) is 12.4. The second kappa shape index (κ2) is 11.1. The molecular weight excluding hydrogens is 510 g/mol. The summed E-state index contributed by atoms with van der Waals surface area (Å²) in [4.78, 5) is 11.4. The zero-order chi connectivity index (χ0) is 25.9. The molecule has 2 heterocycles. The molecule has 6 heteroatoms. The van der Waals surface area contributed by atoms with Crippen LogP contribution in [0.4, 0.5) is 4.39 Å². The number of aromatic amines is 2. The minimum absolute atomic E-state index is 0.0416. The highest BCUT2D eigenvalue weighted by molar-refractivity contribution is 8.00. The zero-order valence-corrected chi connectivity index (χ0v) is 22.4. The molecule has 4 N–H and O–H groups in total. The molecule has 0 bridgehead atoms. The predicted molar refractivity (Wildman–Crippen MR) is 158 cm³/mol. The van der Waals surface area contributed by atoms with E-state index in [4.69, 9.17) is 5.73 Å². The monoisotopic (exact) mass is 537 g/mol. The molecule has 6 rings (SSSR count). The fourth-order valence-corrected chi connectivity index (χ4v) is 6.99. The van der Waals surface area contributed by atoms with Crippen LogP contribution in [0.5, 0.6) is 0 Å².